The topological polar surface area (TPSA) is 118 Å². The second kappa shape index (κ2) is 2.85. The molecule has 0 saturated heterocycles. The zero-order chi connectivity index (χ0) is 11.1. The fourth-order valence-electron chi connectivity index (χ4n) is 0.956. The maximum Gasteiger partial charge on any atom is 0.337 e. The molecule has 0 spiro atoms. The number of aliphatic hydroxyl groups is 4. The van der Waals surface area contributed by atoms with Crippen molar-refractivity contribution in [2.75, 3.05) is 0 Å². The summed E-state index contributed by atoms with van der Waals surface area (Å²) in [6, 6.07) is 0. The van der Waals surface area contributed by atoms with Crippen LogP contribution < -0.4 is 0 Å². The van der Waals surface area contributed by atoms with E-state index in [4.69, 9.17) is 25.5 Å². The summed E-state index contributed by atoms with van der Waals surface area (Å²) in [7, 11) is 0. The lowest BCUT2D eigenvalue weighted by molar-refractivity contribution is -0.152. The van der Waals surface area contributed by atoms with Gasteiger partial charge in [-0.1, -0.05) is 0 Å². The Morgan fingerprint density at radius 3 is 2.07 bits per heavy atom. The Kier molecular flexibility index (Phi) is 2.20. The monoisotopic (exact) mass is 206 g/mol. The molecule has 0 atom stereocenters. The minimum absolute atomic E-state index is 0.00352. The third-order valence-corrected chi connectivity index (χ3v) is 1.65. The number of carboxylic acids is 1. The first-order chi connectivity index (χ1) is 6.17. The van der Waals surface area contributed by atoms with Crippen molar-refractivity contribution in [1.29, 1.82) is 0 Å². The standard InChI is InChI=1S/C7H7FO6/c8-4-2-6(11,12)3(5(9)10)1-7(4,13)14/h1-2,11-14H,(H,9,10). The maximum absolute atomic E-state index is 12.7. The average Bonchev–Trinajstić information content (AvgIpc) is 1.96. The smallest absolute Gasteiger partial charge is 0.337 e. The number of carbonyl (C=O) groups is 1. The molecule has 0 fully saturated rings. The number of halogens is 1. The average molecular weight is 206 g/mol. The Morgan fingerprint density at radius 1 is 1.14 bits per heavy atom. The number of hydrogen-bond acceptors (Lipinski definition) is 5. The molecule has 0 unspecified atom stereocenters. The van der Waals surface area contributed by atoms with Gasteiger partial charge in [-0.25, -0.2) is 9.18 Å². The fourth-order valence-corrected chi connectivity index (χ4v) is 0.956. The summed E-state index contributed by atoms with van der Waals surface area (Å²) in [4.78, 5) is 10.4. The third kappa shape index (κ3) is 1.66. The molecule has 14 heavy (non-hydrogen) atoms. The van der Waals surface area contributed by atoms with Crippen LogP contribution in [0.25, 0.3) is 0 Å². The van der Waals surface area contributed by atoms with E-state index < -0.39 is 28.9 Å². The van der Waals surface area contributed by atoms with Crippen LogP contribution in [0.4, 0.5) is 4.39 Å². The molecule has 0 heterocycles. The lowest BCUT2D eigenvalue weighted by atomic mass is 9.95. The van der Waals surface area contributed by atoms with E-state index in [0.717, 1.165) is 0 Å². The zero-order valence-corrected chi connectivity index (χ0v) is 6.68. The van der Waals surface area contributed by atoms with Crippen LogP contribution in [0.15, 0.2) is 23.6 Å². The van der Waals surface area contributed by atoms with Crippen molar-refractivity contribution in [1.82, 2.24) is 0 Å². The van der Waals surface area contributed by atoms with Gasteiger partial charge in [0.05, 0.1) is 0 Å². The van der Waals surface area contributed by atoms with Crippen LogP contribution in [-0.4, -0.2) is 43.1 Å². The lowest BCUT2D eigenvalue weighted by Gasteiger charge is -2.28. The van der Waals surface area contributed by atoms with Crippen LogP contribution in [0.2, 0.25) is 0 Å². The molecule has 0 bridgehead atoms. The molecule has 0 aliphatic heterocycles. The van der Waals surface area contributed by atoms with E-state index in [1.165, 1.54) is 0 Å². The first-order valence-electron chi connectivity index (χ1n) is 3.42. The highest BCUT2D eigenvalue weighted by atomic mass is 19.1. The van der Waals surface area contributed by atoms with E-state index >= 15 is 0 Å². The maximum atomic E-state index is 12.7. The summed E-state index contributed by atoms with van der Waals surface area (Å²) >= 11 is 0. The van der Waals surface area contributed by atoms with Crippen molar-refractivity contribution in [2.45, 2.75) is 11.6 Å². The highest BCUT2D eigenvalue weighted by molar-refractivity contribution is 5.89. The first-order valence-corrected chi connectivity index (χ1v) is 3.42. The summed E-state index contributed by atoms with van der Waals surface area (Å²) in [6.07, 6.45) is 0.0983. The summed E-state index contributed by atoms with van der Waals surface area (Å²) < 4.78 is 12.7. The summed E-state index contributed by atoms with van der Waals surface area (Å²) in [5, 5.41) is 44.1. The molecule has 0 saturated carbocycles. The number of rotatable bonds is 1. The molecule has 1 aliphatic carbocycles. The molecule has 0 aromatic rings. The number of carboxylic acid groups (broad SMARTS) is 1. The van der Waals surface area contributed by atoms with Gasteiger partial charge in [-0.15, -0.1) is 0 Å². The van der Waals surface area contributed by atoms with Gasteiger partial charge in [0.2, 0.25) is 11.6 Å². The fraction of sp³-hybridized carbons (Fsp3) is 0.286. The third-order valence-electron chi connectivity index (χ3n) is 1.65. The van der Waals surface area contributed by atoms with Crippen LogP contribution in [0.3, 0.4) is 0 Å². The van der Waals surface area contributed by atoms with Crippen LogP contribution in [0.5, 0.6) is 0 Å². The van der Waals surface area contributed by atoms with Crippen molar-refractivity contribution in [3.8, 4) is 0 Å². The first kappa shape index (κ1) is 10.8. The van der Waals surface area contributed by atoms with Gasteiger partial charge in [0, 0.05) is 6.08 Å². The molecule has 1 rings (SSSR count). The van der Waals surface area contributed by atoms with Crippen molar-refractivity contribution >= 4 is 5.97 Å². The van der Waals surface area contributed by atoms with E-state index in [9.17, 15) is 9.18 Å². The SMILES string of the molecule is O=C(O)C1=CC(O)(O)C(F)=CC1(O)O. The minimum atomic E-state index is -3.12. The van der Waals surface area contributed by atoms with Crippen molar-refractivity contribution in [3.63, 3.8) is 0 Å². The summed E-state index contributed by atoms with van der Waals surface area (Å²) in [5.41, 5.74) is -1.14. The Hall–Kier alpha value is -1.28. The van der Waals surface area contributed by atoms with Crippen LogP contribution in [0.1, 0.15) is 0 Å². The molecule has 0 aromatic heterocycles. The van der Waals surface area contributed by atoms with Gasteiger partial charge >= 0.3 is 5.97 Å². The molecule has 0 amide bonds. The lowest BCUT2D eigenvalue weighted by Crippen LogP contribution is -2.42. The molecule has 1 aliphatic rings. The zero-order valence-electron chi connectivity index (χ0n) is 6.68. The minimum Gasteiger partial charge on any atom is -0.478 e. The normalized spacial score (nSPS) is 23.8. The molecule has 5 N–H and O–H groups in total. The summed E-state index contributed by atoms with van der Waals surface area (Å²) in [6.45, 7) is 0. The number of aliphatic carboxylic acids is 1. The molecular formula is C7H7FO6. The Bertz CT molecular complexity index is 340. The van der Waals surface area contributed by atoms with Crippen molar-refractivity contribution in [2.24, 2.45) is 0 Å². The van der Waals surface area contributed by atoms with Crippen molar-refractivity contribution < 1.29 is 34.7 Å². The molecule has 0 radical (unpaired) electrons. The Morgan fingerprint density at radius 2 is 1.64 bits per heavy atom. The second-order valence-electron chi connectivity index (χ2n) is 2.81. The molecule has 0 aromatic carbocycles. The molecule has 7 heteroatoms. The van der Waals surface area contributed by atoms with Crippen molar-refractivity contribution in [3.05, 3.63) is 23.6 Å². The predicted molar refractivity (Wildman–Crippen MR) is 39.2 cm³/mol. The van der Waals surface area contributed by atoms with Gasteiger partial charge in [-0.05, 0) is 6.08 Å². The van der Waals surface area contributed by atoms with E-state index in [0.29, 0.717) is 0 Å². The second-order valence-corrected chi connectivity index (χ2v) is 2.81. The van der Waals surface area contributed by atoms with Gasteiger partial charge in [-0.3, -0.25) is 0 Å². The largest absolute Gasteiger partial charge is 0.478 e. The highest BCUT2D eigenvalue weighted by Crippen LogP contribution is 2.31. The Labute approximate surface area is 76.8 Å². The van der Waals surface area contributed by atoms with Crippen LogP contribution >= 0.6 is 0 Å². The van der Waals surface area contributed by atoms with E-state index in [2.05, 4.69) is 0 Å². The Balaban J connectivity index is 3.25. The molecule has 6 nitrogen and oxygen atoms in total. The van der Waals surface area contributed by atoms with Gasteiger partial charge in [-0.2, -0.15) is 0 Å². The predicted octanol–water partition coefficient (Wildman–Crippen LogP) is -1.77. The van der Waals surface area contributed by atoms with E-state index in [1.807, 2.05) is 0 Å². The summed E-state index contributed by atoms with van der Waals surface area (Å²) in [5.74, 6) is -9.63. The van der Waals surface area contributed by atoms with Crippen LogP contribution in [0, 0.1) is 0 Å². The number of hydrogen-bond donors (Lipinski definition) is 5. The molecular weight excluding hydrogens is 199 g/mol. The van der Waals surface area contributed by atoms with Gasteiger partial charge in [0.1, 0.15) is 5.57 Å². The molecule has 78 valence electrons. The van der Waals surface area contributed by atoms with Crippen LogP contribution in [-0.2, 0) is 4.79 Å². The van der Waals surface area contributed by atoms with Gasteiger partial charge < -0.3 is 25.5 Å². The van der Waals surface area contributed by atoms with Gasteiger partial charge in [0.15, 0.2) is 5.83 Å². The van der Waals surface area contributed by atoms with Gasteiger partial charge in [0.25, 0.3) is 0 Å². The van der Waals surface area contributed by atoms with E-state index in [1.54, 1.807) is 0 Å². The quantitative estimate of drug-likeness (QED) is 0.324. The van der Waals surface area contributed by atoms with E-state index in [-0.39, 0.29) is 12.2 Å². The highest BCUT2D eigenvalue weighted by Gasteiger charge is 2.43.